The van der Waals surface area contributed by atoms with Crippen molar-refractivity contribution in [2.24, 2.45) is 0 Å². The van der Waals surface area contributed by atoms with E-state index in [2.05, 4.69) is 5.32 Å². The molecule has 0 bridgehead atoms. The van der Waals surface area contributed by atoms with Crippen molar-refractivity contribution in [2.45, 2.75) is 18.9 Å². The van der Waals surface area contributed by atoms with Gasteiger partial charge in [-0.3, -0.25) is 4.79 Å². The van der Waals surface area contributed by atoms with Gasteiger partial charge < -0.3 is 5.32 Å². The van der Waals surface area contributed by atoms with Gasteiger partial charge in [0.25, 0.3) is 0 Å². The summed E-state index contributed by atoms with van der Waals surface area (Å²) in [5, 5.41) is 2.59. The molecule has 1 rings (SSSR count). The number of hydrogen-bond acceptors (Lipinski definition) is 3. The van der Waals surface area contributed by atoms with E-state index in [1.165, 1.54) is 0 Å². The monoisotopic (exact) mass is 177 g/mol. The zero-order valence-electron chi connectivity index (χ0n) is 6.33. The van der Waals surface area contributed by atoms with E-state index in [0.717, 1.165) is 19.1 Å². The molecule has 0 aromatic carbocycles. The maximum absolute atomic E-state index is 10.8. The second-order valence-electron chi connectivity index (χ2n) is 2.91. The molecule has 0 heterocycles. The SMILES string of the molecule is CS(=O)(=O)CC(=O)NC1CC1. The van der Waals surface area contributed by atoms with E-state index < -0.39 is 9.84 Å². The summed E-state index contributed by atoms with van der Waals surface area (Å²) in [6.07, 6.45) is 3.02. The molecule has 0 aliphatic heterocycles. The van der Waals surface area contributed by atoms with Gasteiger partial charge in [0.2, 0.25) is 5.91 Å². The molecule has 0 aromatic heterocycles. The predicted octanol–water partition coefficient (Wildman–Crippen LogP) is -0.690. The van der Waals surface area contributed by atoms with E-state index in [1.807, 2.05) is 0 Å². The highest BCUT2D eigenvalue weighted by atomic mass is 32.2. The first-order valence-electron chi connectivity index (χ1n) is 3.44. The van der Waals surface area contributed by atoms with E-state index in [0.29, 0.717) is 0 Å². The van der Waals surface area contributed by atoms with E-state index in [-0.39, 0.29) is 17.7 Å². The van der Waals surface area contributed by atoms with Crippen LogP contribution in [-0.4, -0.2) is 32.4 Å². The summed E-state index contributed by atoms with van der Waals surface area (Å²) in [7, 11) is -3.15. The Morgan fingerprint density at radius 3 is 2.45 bits per heavy atom. The Kier molecular flexibility index (Phi) is 2.17. The third kappa shape index (κ3) is 3.98. The molecular formula is C6H11NO3S. The molecule has 1 N–H and O–H groups in total. The molecule has 1 fully saturated rings. The quantitative estimate of drug-likeness (QED) is 0.620. The van der Waals surface area contributed by atoms with Crippen molar-refractivity contribution < 1.29 is 13.2 Å². The molecule has 1 saturated carbocycles. The van der Waals surface area contributed by atoms with E-state index in [1.54, 1.807) is 0 Å². The van der Waals surface area contributed by atoms with Crippen molar-refractivity contribution >= 4 is 15.7 Å². The Morgan fingerprint density at radius 2 is 2.09 bits per heavy atom. The van der Waals surface area contributed by atoms with Crippen LogP contribution in [0.5, 0.6) is 0 Å². The normalized spacial score (nSPS) is 17.9. The van der Waals surface area contributed by atoms with E-state index >= 15 is 0 Å². The highest BCUT2D eigenvalue weighted by Gasteiger charge is 2.24. The smallest absolute Gasteiger partial charge is 0.235 e. The lowest BCUT2D eigenvalue weighted by Gasteiger charge is -1.99. The van der Waals surface area contributed by atoms with E-state index in [9.17, 15) is 13.2 Å². The maximum Gasteiger partial charge on any atom is 0.235 e. The van der Waals surface area contributed by atoms with Crippen molar-refractivity contribution in [3.63, 3.8) is 0 Å². The molecule has 0 saturated heterocycles. The van der Waals surface area contributed by atoms with Crippen LogP contribution in [0.4, 0.5) is 0 Å². The van der Waals surface area contributed by atoms with Crippen molar-refractivity contribution in [2.75, 3.05) is 12.0 Å². The number of nitrogens with one attached hydrogen (secondary N) is 1. The number of hydrogen-bond donors (Lipinski definition) is 1. The Hall–Kier alpha value is -0.580. The topological polar surface area (TPSA) is 63.2 Å². The molecule has 0 atom stereocenters. The van der Waals surface area contributed by atoms with Crippen LogP contribution in [0.2, 0.25) is 0 Å². The largest absolute Gasteiger partial charge is 0.352 e. The highest BCUT2D eigenvalue weighted by molar-refractivity contribution is 7.91. The highest BCUT2D eigenvalue weighted by Crippen LogP contribution is 2.18. The van der Waals surface area contributed by atoms with E-state index in [4.69, 9.17) is 0 Å². The van der Waals surface area contributed by atoms with Crippen LogP contribution in [0, 0.1) is 0 Å². The van der Waals surface area contributed by atoms with Crippen LogP contribution in [0.15, 0.2) is 0 Å². The summed E-state index contributed by atoms with van der Waals surface area (Å²) >= 11 is 0. The number of amides is 1. The number of carbonyl (C=O) groups is 1. The maximum atomic E-state index is 10.8. The second-order valence-corrected chi connectivity index (χ2v) is 5.05. The molecule has 0 spiro atoms. The molecule has 64 valence electrons. The van der Waals surface area contributed by atoms with Gasteiger partial charge in [-0.05, 0) is 12.8 Å². The fraction of sp³-hybridized carbons (Fsp3) is 0.833. The Bertz CT molecular complexity index is 253. The van der Waals surface area contributed by atoms with Gasteiger partial charge in [0.15, 0.2) is 9.84 Å². The zero-order chi connectivity index (χ0) is 8.48. The zero-order valence-corrected chi connectivity index (χ0v) is 7.15. The van der Waals surface area contributed by atoms with Gasteiger partial charge >= 0.3 is 0 Å². The first kappa shape index (κ1) is 8.52. The van der Waals surface area contributed by atoms with Crippen molar-refractivity contribution in [1.82, 2.24) is 5.32 Å². The minimum atomic E-state index is -3.15. The standard InChI is InChI=1S/C6H11NO3S/c1-11(9,10)4-6(8)7-5-2-3-5/h5H,2-4H2,1H3,(H,7,8). The van der Waals surface area contributed by atoms with Gasteiger partial charge in [-0.15, -0.1) is 0 Å². The van der Waals surface area contributed by atoms with Crippen LogP contribution >= 0.6 is 0 Å². The Balaban J connectivity index is 2.30. The average molecular weight is 177 g/mol. The fourth-order valence-electron chi connectivity index (χ4n) is 0.735. The summed E-state index contributed by atoms with van der Waals surface area (Å²) in [4.78, 5) is 10.8. The number of rotatable bonds is 3. The molecule has 0 radical (unpaired) electrons. The van der Waals surface area contributed by atoms with Crippen LogP contribution in [0.25, 0.3) is 0 Å². The number of sulfone groups is 1. The summed E-state index contributed by atoms with van der Waals surface area (Å²) in [6.45, 7) is 0. The third-order valence-corrected chi connectivity index (χ3v) is 2.12. The number of carbonyl (C=O) groups excluding carboxylic acids is 1. The van der Waals surface area contributed by atoms with Gasteiger partial charge in [0.05, 0.1) is 0 Å². The molecule has 5 heteroatoms. The average Bonchev–Trinajstić information content (AvgIpc) is 2.42. The Labute approximate surface area is 65.9 Å². The van der Waals surface area contributed by atoms with Crippen LogP contribution in [0.3, 0.4) is 0 Å². The molecular weight excluding hydrogens is 166 g/mol. The summed E-state index contributed by atoms with van der Waals surface area (Å²) in [6, 6.07) is 0.240. The molecule has 1 aliphatic carbocycles. The van der Waals surface area contributed by atoms with Crippen molar-refractivity contribution in [3.05, 3.63) is 0 Å². The molecule has 1 amide bonds. The summed E-state index contributed by atoms with van der Waals surface area (Å²) < 4.78 is 21.2. The van der Waals surface area contributed by atoms with Crippen LogP contribution in [0.1, 0.15) is 12.8 Å². The lowest BCUT2D eigenvalue weighted by molar-refractivity contribution is -0.118. The molecule has 0 aromatic rings. The molecule has 1 aliphatic rings. The first-order chi connectivity index (χ1) is 4.97. The van der Waals surface area contributed by atoms with Gasteiger partial charge in [-0.2, -0.15) is 0 Å². The summed E-state index contributed by atoms with van der Waals surface area (Å²) in [5.74, 6) is -0.765. The molecule has 0 unspecified atom stereocenters. The second kappa shape index (κ2) is 2.81. The van der Waals surface area contributed by atoms with Gasteiger partial charge in [-0.25, -0.2) is 8.42 Å². The minimum absolute atomic E-state index is 0.240. The van der Waals surface area contributed by atoms with Crippen molar-refractivity contribution in [3.8, 4) is 0 Å². The Morgan fingerprint density at radius 1 is 1.55 bits per heavy atom. The fourth-order valence-corrected chi connectivity index (χ4v) is 1.29. The third-order valence-electron chi connectivity index (χ3n) is 1.34. The lowest BCUT2D eigenvalue weighted by atomic mass is 10.6. The van der Waals surface area contributed by atoms with Gasteiger partial charge in [0, 0.05) is 12.3 Å². The first-order valence-corrected chi connectivity index (χ1v) is 5.50. The minimum Gasteiger partial charge on any atom is -0.352 e. The van der Waals surface area contributed by atoms with Crippen LogP contribution in [-0.2, 0) is 14.6 Å². The molecule has 11 heavy (non-hydrogen) atoms. The molecule has 4 nitrogen and oxygen atoms in total. The van der Waals surface area contributed by atoms with Crippen molar-refractivity contribution in [1.29, 1.82) is 0 Å². The van der Waals surface area contributed by atoms with Crippen LogP contribution < -0.4 is 5.32 Å². The summed E-state index contributed by atoms with van der Waals surface area (Å²) in [5.41, 5.74) is 0. The van der Waals surface area contributed by atoms with Gasteiger partial charge in [-0.1, -0.05) is 0 Å². The lowest BCUT2D eigenvalue weighted by Crippen LogP contribution is -2.31. The predicted molar refractivity (Wildman–Crippen MR) is 40.9 cm³/mol. The van der Waals surface area contributed by atoms with Gasteiger partial charge in [0.1, 0.15) is 5.75 Å².